The van der Waals surface area contributed by atoms with Crippen LogP contribution in [0.25, 0.3) is 0 Å². The number of likely N-dealkylation sites (N-methyl/N-ethyl adjacent to an activating group) is 1. The van der Waals surface area contributed by atoms with Crippen molar-refractivity contribution in [2.45, 2.75) is 27.2 Å². The number of nitrogens with zero attached hydrogens (tertiary/aromatic N) is 2. The first-order valence-electron chi connectivity index (χ1n) is 5.78. The molecule has 0 spiro atoms. The molecular formula is C12H26N2O. The number of hydrogen-bond acceptors (Lipinski definition) is 3. The molecule has 0 amide bonds. The minimum Gasteiger partial charge on any atom is -0.308 e. The van der Waals surface area contributed by atoms with Crippen LogP contribution in [0.4, 0.5) is 0 Å². The molecule has 15 heavy (non-hydrogen) atoms. The van der Waals surface area contributed by atoms with E-state index in [9.17, 15) is 4.79 Å². The highest BCUT2D eigenvalue weighted by molar-refractivity contribution is 5.75. The van der Waals surface area contributed by atoms with Gasteiger partial charge in [-0.3, -0.25) is 4.79 Å². The van der Waals surface area contributed by atoms with Crippen LogP contribution in [0.3, 0.4) is 0 Å². The summed E-state index contributed by atoms with van der Waals surface area (Å²) >= 11 is 0. The SMILES string of the molecule is CC(=O)CCN(CCN(C)C)CC(C)C. The number of carbonyl (C=O) groups is 1. The highest BCUT2D eigenvalue weighted by Crippen LogP contribution is 2.00. The zero-order chi connectivity index (χ0) is 11.8. The molecule has 0 radical (unpaired) electrons. The molecular weight excluding hydrogens is 188 g/mol. The topological polar surface area (TPSA) is 23.6 Å². The number of hydrogen-bond donors (Lipinski definition) is 0. The molecule has 0 aliphatic carbocycles. The van der Waals surface area contributed by atoms with E-state index < -0.39 is 0 Å². The second-order valence-electron chi connectivity index (χ2n) is 4.95. The normalized spacial score (nSPS) is 11.7. The summed E-state index contributed by atoms with van der Waals surface area (Å²) in [5.41, 5.74) is 0. The number of carbonyl (C=O) groups excluding carboxylic acids is 1. The Labute approximate surface area is 94.4 Å². The van der Waals surface area contributed by atoms with Crippen LogP contribution in [0.15, 0.2) is 0 Å². The summed E-state index contributed by atoms with van der Waals surface area (Å²) < 4.78 is 0. The molecule has 90 valence electrons. The maximum absolute atomic E-state index is 10.9. The summed E-state index contributed by atoms with van der Waals surface area (Å²) in [6.07, 6.45) is 0.681. The second-order valence-corrected chi connectivity index (χ2v) is 4.95. The first-order valence-corrected chi connectivity index (χ1v) is 5.78. The summed E-state index contributed by atoms with van der Waals surface area (Å²) in [7, 11) is 4.16. The minimum absolute atomic E-state index is 0.286. The Morgan fingerprint density at radius 3 is 2.13 bits per heavy atom. The molecule has 3 heteroatoms. The van der Waals surface area contributed by atoms with E-state index in [2.05, 4.69) is 37.7 Å². The summed E-state index contributed by atoms with van der Waals surface area (Å²) in [6.45, 7) is 10.2. The van der Waals surface area contributed by atoms with E-state index in [0.29, 0.717) is 12.3 Å². The first kappa shape index (κ1) is 14.6. The molecule has 0 aromatic heterocycles. The Morgan fingerprint density at radius 1 is 1.13 bits per heavy atom. The Hall–Kier alpha value is -0.410. The van der Waals surface area contributed by atoms with Crippen molar-refractivity contribution in [2.24, 2.45) is 5.92 Å². The smallest absolute Gasteiger partial charge is 0.131 e. The summed E-state index contributed by atoms with van der Waals surface area (Å²) in [5, 5.41) is 0. The van der Waals surface area contributed by atoms with Gasteiger partial charge >= 0.3 is 0 Å². The van der Waals surface area contributed by atoms with E-state index in [-0.39, 0.29) is 5.78 Å². The summed E-state index contributed by atoms with van der Waals surface area (Å²) in [4.78, 5) is 15.5. The molecule has 0 aliphatic rings. The summed E-state index contributed by atoms with van der Waals surface area (Å²) in [5.74, 6) is 0.952. The van der Waals surface area contributed by atoms with E-state index in [0.717, 1.165) is 26.2 Å². The Bertz CT molecular complexity index is 178. The molecule has 0 aliphatic heterocycles. The third-order valence-electron chi connectivity index (χ3n) is 2.27. The van der Waals surface area contributed by atoms with Gasteiger partial charge in [-0.05, 0) is 26.9 Å². The molecule has 3 nitrogen and oxygen atoms in total. The molecule has 0 fully saturated rings. The van der Waals surface area contributed by atoms with Crippen molar-refractivity contribution in [3.8, 4) is 0 Å². The van der Waals surface area contributed by atoms with E-state index in [1.807, 2.05) is 0 Å². The molecule has 0 bridgehead atoms. The van der Waals surface area contributed by atoms with E-state index >= 15 is 0 Å². The van der Waals surface area contributed by atoms with Gasteiger partial charge in [-0.2, -0.15) is 0 Å². The second kappa shape index (κ2) is 7.83. The molecule has 0 N–H and O–H groups in total. The van der Waals surface area contributed by atoms with Gasteiger partial charge in [0, 0.05) is 32.6 Å². The quantitative estimate of drug-likeness (QED) is 0.611. The third-order valence-corrected chi connectivity index (χ3v) is 2.27. The molecule has 0 rings (SSSR count). The third kappa shape index (κ3) is 9.88. The zero-order valence-electron chi connectivity index (χ0n) is 10.9. The van der Waals surface area contributed by atoms with Crippen LogP contribution < -0.4 is 0 Å². The molecule has 0 aromatic rings. The first-order chi connectivity index (χ1) is 6.91. The van der Waals surface area contributed by atoms with Crippen LogP contribution >= 0.6 is 0 Å². The molecule has 0 saturated heterocycles. The fourth-order valence-electron chi connectivity index (χ4n) is 1.47. The Morgan fingerprint density at radius 2 is 1.73 bits per heavy atom. The zero-order valence-corrected chi connectivity index (χ0v) is 10.9. The maximum Gasteiger partial charge on any atom is 0.131 e. The van der Waals surface area contributed by atoms with Gasteiger partial charge in [0.05, 0.1) is 0 Å². The van der Waals surface area contributed by atoms with Gasteiger partial charge in [-0.15, -0.1) is 0 Å². The average molecular weight is 214 g/mol. The number of Topliss-reactive ketones (excluding diaryl/α,β-unsaturated/α-hetero) is 1. The van der Waals surface area contributed by atoms with Gasteiger partial charge < -0.3 is 9.80 Å². The van der Waals surface area contributed by atoms with E-state index in [1.165, 1.54) is 0 Å². The lowest BCUT2D eigenvalue weighted by atomic mass is 10.2. The van der Waals surface area contributed by atoms with Crippen molar-refractivity contribution in [2.75, 3.05) is 40.3 Å². The Kier molecular flexibility index (Phi) is 7.61. The monoisotopic (exact) mass is 214 g/mol. The van der Waals surface area contributed by atoms with Crippen molar-refractivity contribution in [1.82, 2.24) is 9.80 Å². The number of rotatable bonds is 8. The van der Waals surface area contributed by atoms with Crippen LogP contribution in [0.5, 0.6) is 0 Å². The molecule has 0 heterocycles. The highest BCUT2D eigenvalue weighted by atomic mass is 16.1. The fraction of sp³-hybridized carbons (Fsp3) is 0.917. The van der Waals surface area contributed by atoms with Crippen molar-refractivity contribution in [3.05, 3.63) is 0 Å². The predicted octanol–water partition coefficient (Wildman–Crippen LogP) is 1.49. The lowest BCUT2D eigenvalue weighted by Gasteiger charge is -2.25. The van der Waals surface area contributed by atoms with Gasteiger partial charge in [0.15, 0.2) is 0 Å². The van der Waals surface area contributed by atoms with Crippen molar-refractivity contribution in [1.29, 1.82) is 0 Å². The van der Waals surface area contributed by atoms with Gasteiger partial charge in [0.1, 0.15) is 5.78 Å². The fourth-order valence-corrected chi connectivity index (χ4v) is 1.47. The molecule has 0 unspecified atom stereocenters. The van der Waals surface area contributed by atoms with E-state index in [1.54, 1.807) is 6.92 Å². The van der Waals surface area contributed by atoms with Gasteiger partial charge in [-0.1, -0.05) is 13.8 Å². The van der Waals surface area contributed by atoms with Gasteiger partial charge in [0.2, 0.25) is 0 Å². The van der Waals surface area contributed by atoms with Crippen molar-refractivity contribution >= 4 is 5.78 Å². The van der Waals surface area contributed by atoms with Crippen molar-refractivity contribution in [3.63, 3.8) is 0 Å². The Balaban J connectivity index is 3.89. The lowest BCUT2D eigenvalue weighted by molar-refractivity contribution is -0.117. The van der Waals surface area contributed by atoms with Crippen LogP contribution in [0.1, 0.15) is 27.2 Å². The number of ketones is 1. The van der Waals surface area contributed by atoms with Crippen molar-refractivity contribution < 1.29 is 4.79 Å². The van der Waals surface area contributed by atoms with E-state index in [4.69, 9.17) is 0 Å². The predicted molar refractivity (Wildman–Crippen MR) is 65.1 cm³/mol. The average Bonchev–Trinajstić information content (AvgIpc) is 2.08. The van der Waals surface area contributed by atoms with Gasteiger partial charge in [-0.25, -0.2) is 0 Å². The van der Waals surface area contributed by atoms with Crippen LogP contribution in [0, 0.1) is 5.92 Å². The van der Waals surface area contributed by atoms with Crippen LogP contribution in [0.2, 0.25) is 0 Å². The summed E-state index contributed by atoms with van der Waals surface area (Å²) in [6, 6.07) is 0. The largest absolute Gasteiger partial charge is 0.308 e. The molecule has 0 aromatic carbocycles. The van der Waals surface area contributed by atoms with Gasteiger partial charge in [0.25, 0.3) is 0 Å². The minimum atomic E-state index is 0.286. The van der Waals surface area contributed by atoms with Crippen LogP contribution in [-0.2, 0) is 4.79 Å². The molecule has 0 atom stereocenters. The van der Waals surface area contributed by atoms with Crippen LogP contribution in [-0.4, -0.2) is 55.9 Å². The standard InChI is InChI=1S/C12H26N2O/c1-11(2)10-14(7-6-12(3)15)9-8-13(4)5/h11H,6-10H2,1-5H3. The highest BCUT2D eigenvalue weighted by Gasteiger charge is 2.08. The molecule has 0 saturated carbocycles. The lowest BCUT2D eigenvalue weighted by Crippen LogP contribution is -2.35. The maximum atomic E-state index is 10.9.